The molecular weight excluding hydrogens is 236 g/mol. The van der Waals surface area contributed by atoms with Crippen LogP contribution in [0, 0.1) is 6.92 Å². The van der Waals surface area contributed by atoms with E-state index in [9.17, 15) is 4.79 Å². The summed E-state index contributed by atoms with van der Waals surface area (Å²) in [5.41, 5.74) is 1.51. The molecule has 0 saturated carbocycles. The fourth-order valence-corrected chi connectivity index (χ4v) is 2.27. The minimum atomic E-state index is -0.0290. The summed E-state index contributed by atoms with van der Waals surface area (Å²) in [7, 11) is 0. The van der Waals surface area contributed by atoms with Gasteiger partial charge in [0.2, 0.25) is 0 Å². The topological polar surface area (TPSA) is 41.1 Å². The van der Waals surface area contributed by atoms with Crippen LogP contribution >= 0.6 is 11.6 Å². The molecule has 3 nitrogen and oxygen atoms in total. The lowest BCUT2D eigenvalue weighted by Gasteiger charge is -2.24. The molecule has 2 N–H and O–H groups in total. The second kappa shape index (κ2) is 5.52. The quantitative estimate of drug-likeness (QED) is 0.847. The number of hydrogen-bond acceptors (Lipinski definition) is 2. The number of hydrogen-bond donors (Lipinski definition) is 2. The van der Waals surface area contributed by atoms with Gasteiger partial charge >= 0.3 is 0 Å². The lowest BCUT2D eigenvalue weighted by Crippen LogP contribution is -2.45. The van der Waals surface area contributed by atoms with Crippen LogP contribution in [0.15, 0.2) is 18.2 Å². The molecule has 4 heteroatoms. The molecule has 2 rings (SSSR count). The predicted octanol–water partition coefficient (Wildman–Crippen LogP) is 2.13. The fourth-order valence-electron chi connectivity index (χ4n) is 2.09. The van der Waals surface area contributed by atoms with Crippen LogP contribution in [0.2, 0.25) is 5.02 Å². The molecule has 0 unspecified atom stereocenters. The van der Waals surface area contributed by atoms with Gasteiger partial charge in [0, 0.05) is 23.2 Å². The average Bonchev–Trinajstić information content (AvgIpc) is 2.34. The van der Waals surface area contributed by atoms with E-state index in [1.807, 2.05) is 19.1 Å². The van der Waals surface area contributed by atoms with Crippen molar-refractivity contribution in [1.29, 1.82) is 0 Å². The fraction of sp³-hybridized carbons (Fsp3) is 0.462. The Balaban J connectivity index is 2.06. The Morgan fingerprint density at radius 2 is 2.35 bits per heavy atom. The van der Waals surface area contributed by atoms with Crippen molar-refractivity contribution >= 4 is 17.5 Å². The van der Waals surface area contributed by atoms with Gasteiger partial charge in [0.15, 0.2) is 0 Å². The number of halogens is 1. The molecule has 0 bridgehead atoms. The summed E-state index contributed by atoms with van der Waals surface area (Å²) in [6.45, 7) is 3.77. The minimum Gasteiger partial charge on any atom is -0.348 e. The first-order valence-corrected chi connectivity index (χ1v) is 6.33. The normalized spacial score (nSPS) is 20.0. The Morgan fingerprint density at radius 3 is 3.06 bits per heavy atom. The van der Waals surface area contributed by atoms with E-state index in [4.69, 9.17) is 11.6 Å². The van der Waals surface area contributed by atoms with E-state index in [1.54, 1.807) is 6.07 Å². The molecule has 1 aromatic carbocycles. The Hall–Kier alpha value is -1.06. The molecule has 1 saturated heterocycles. The molecule has 1 aliphatic rings. The number of carbonyl (C=O) groups excluding carboxylic acids is 1. The van der Waals surface area contributed by atoms with Gasteiger partial charge in [0.25, 0.3) is 5.91 Å². The maximum absolute atomic E-state index is 12.1. The van der Waals surface area contributed by atoms with Gasteiger partial charge in [-0.3, -0.25) is 4.79 Å². The van der Waals surface area contributed by atoms with Crippen molar-refractivity contribution in [3.8, 4) is 0 Å². The largest absolute Gasteiger partial charge is 0.348 e. The van der Waals surface area contributed by atoms with Crippen LogP contribution in [0.4, 0.5) is 0 Å². The van der Waals surface area contributed by atoms with E-state index < -0.39 is 0 Å². The van der Waals surface area contributed by atoms with Crippen molar-refractivity contribution in [2.24, 2.45) is 0 Å². The van der Waals surface area contributed by atoms with Gasteiger partial charge in [0.05, 0.1) is 0 Å². The standard InChI is InChI=1S/C13H17ClN2O/c1-9-11(5-2-6-12(9)14)13(17)16-10-4-3-7-15-8-10/h2,5-6,10,15H,3-4,7-8H2,1H3,(H,16,17)/t10-/m0/s1. The highest BCUT2D eigenvalue weighted by Crippen LogP contribution is 2.18. The Kier molecular flexibility index (Phi) is 4.02. The van der Waals surface area contributed by atoms with Crippen molar-refractivity contribution in [2.75, 3.05) is 13.1 Å². The molecule has 1 amide bonds. The van der Waals surface area contributed by atoms with Crippen LogP contribution in [-0.4, -0.2) is 25.0 Å². The summed E-state index contributed by atoms with van der Waals surface area (Å²) >= 11 is 6.01. The van der Waals surface area contributed by atoms with Gasteiger partial charge in [-0.2, -0.15) is 0 Å². The summed E-state index contributed by atoms with van der Waals surface area (Å²) in [5.74, 6) is -0.0290. The van der Waals surface area contributed by atoms with Crippen molar-refractivity contribution in [3.05, 3.63) is 34.3 Å². The van der Waals surface area contributed by atoms with Crippen molar-refractivity contribution in [2.45, 2.75) is 25.8 Å². The van der Waals surface area contributed by atoms with Crippen LogP contribution in [0.1, 0.15) is 28.8 Å². The summed E-state index contributed by atoms with van der Waals surface area (Å²) in [6.07, 6.45) is 2.15. The van der Waals surface area contributed by atoms with E-state index in [-0.39, 0.29) is 11.9 Å². The number of carbonyl (C=O) groups is 1. The Labute approximate surface area is 107 Å². The van der Waals surface area contributed by atoms with Crippen LogP contribution in [0.25, 0.3) is 0 Å². The molecule has 1 atom stereocenters. The number of rotatable bonds is 2. The first-order valence-electron chi connectivity index (χ1n) is 5.95. The van der Waals surface area contributed by atoms with Crippen LogP contribution < -0.4 is 10.6 Å². The van der Waals surface area contributed by atoms with Gasteiger partial charge in [0.1, 0.15) is 0 Å². The highest BCUT2D eigenvalue weighted by Gasteiger charge is 2.17. The van der Waals surface area contributed by atoms with Crippen LogP contribution in [-0.2, 0) is 0 Å². The zero-order valence-corrected chi connectivity index (χ0v) is 10.7. The molecule has 92 valence electrons. The first-order chi connectivity index (χ1) is 8.18. The zero-order valence-electron chi connectivity index (χ0n) is 9.92. The second-order valence-corrected chi connectivity index (χ2v) is 4.84. The smallest absolute Gasteiger partial charge is 0.251 e. The lowest BCUT2D eigenvalue weighted by atomic mass is 10.0. The molecule has 1 aliphatic heterocycles. The third-order valence-corrected chi connectivity index (χ3v) is 3.55. The van der Waals surface area contributed by atoms with Gasteiger partial charge in [-0.05, 0) is 44.0 Å². The Bertz CT molecular complexity index is 414. The lowest BCUT2D eigenvalue weighted by molar-refractivity contribution is 0.0930. The van der Waals surface area contributed by atoms with Crippen LogP contribution in [0.5, 0.6) is 0 Å². The summed E-state index contributed by atoms with van der Waals surface area (Å²) in [5, 5.41) is 6.96. The highest BCUT2D eigenvalue weighted by atomic mass is 35.5. The van der Waals surface area contributed by atoms with Gasteiger partial charge < -0.3 is 10.6 Å². The van der Waals surface area contributed by atoms with Crippen molar-refractivity contribution < 1.29 is 4.79 Å². The van der Waals surface area contributed by atoms with E-state index in [0.29, 0.717) is 10.6 Å². The minimum absolute atomic E-state index is 0.0290. The number of nitrogens with one attached hydrogen (secondary N) is 2. The average molecular weight is 253 g/mol. The zero-order chi connectivity index (χ0) is 12.3. The van der Waals surface area contributed by atoms with E-state index in [2.05, 4.69) is 10.6 Å². The van der Waals surface area contributed by atoms with Gasteiger partial charge in [-0.15, -0.1) is 0 Å². The summed E-state index contributed by atoms with van der Waals surface area (Å²) < 4.78 is 0. The third kappa shape index (κ3) is 2.99. The molecule has 1 aromatic rings. The molecule has 1 fully saturated rings. The van der Waals surface area contributed by atoms with Gasteiger partial charge in [-0.1, -0.05) is 17.7 Å². The summed E-state index contributed by atoms with van der Waals surface area (Å²) in [4.78, 5) is 12.1. The maximum Gasteiger partial charge on any atom is 0.251 e. The number of amides is 1. The SMILES string of the molecule is Cc1c(Cl)cccc1C(=O)N[C@H]1CCCNC1. The maximum atomic E-state index is 12.1. The second-order valence-electron chi connectivity index (χ2n) is 4.43. The van der Waals surface area contributed by atoms with Crippen molar-refractivity contribution in [3.63, 3.8) is 0 Å². The van der Waals surface area contributed by atoms with Crippen molar-refractivity contribution in [1.82, 2.24) is 10.6 Å². The molecule has 1 heterocycles. The monoisotopic (exact) mass is 252 g/mol. The van der Waals surface area contributed by atoms with E-state index >= 15 is 0 Å². The van der Waals surface area contributed by atoms with Crippen LogP contribution in [0.3, 0.4) is 0 Å². The molecular formula is C13H17ClN2O. The van der Waals surface area contributed by atoms with E-state index in [0.717, 1.165) is 31.5 Å². The van der Waals surface area contributed by atoms with Gasteiger partial charge in [-0.25, -0.2) is 0 Å². The molecule has 0 aliphatic carbocycles. The Morgan fingerprint density at radius 1 is 1.53 bits per heavy atom. The summed E-state index contributed by atoms with van der Waals surface area (Å²) in [6, 6.07) is 5.65. The molecule has 0 spiro atoms. The highest BCUT2D eigenvalue weighted by molar-refractivity contribution is 6.31. The predicted molar refractivity (Wildman–Crippen MR) is 69.5 cm³/mol. The molecule has 0 aromatic heterocycles. The first kappa shape index (κ1) is 12.4. The molecule has 17 heavy (non-hydrogen) atoms. The molecule has 0 radical (unpaired) electrons. The van der Waals surface area contributed by atoms with E-state index in [1.165, 1.54) is 0 Å². The number of benzene rings is 1. The third-order valence-electron chi connectivity index (χ3n) is 3.14. The number of piperidine rings is 1.